The Morgan fingerprint density at radius 1 is 1.42 bits per heavy atom. The number of hydrogen-bond acceptors (Lipinski definition) is 3. The lowest BCUT2D eigenvalue weighted by molar-refractivity contribution is 0.0903. The highest BCUT2D eigenvalue weighted by Crippen LogP contribution is 2.14. The van der Waals surface area contributed by atoms with Gasteiger partial charge in [-0.3, -0.25) is 4.79 Å². The molecule has 0 aliphatic rings. The molecule has 0 heterocycles. The summed E-state index contributed by atoms with van der Waals surface area (Å²) in [6, 6.07) is 7.19. The maximum atomic E-state index is 11.0. The van der Waals surface area contributed by atoms with Gasteiger partial charge in [-0.15, -0.1) is 11.8 Å². The molecule has 0 bridgehead atoms. The number of ketones is 1. The Bertz CT molecular complexity index is 266. The normalized spacial score (nSPS) is 9.83. The van der Waals surface area contributed by atoms with Gasteiger partial charge in [0, 0.05) is 10.5 Å². The summed E-state index contributed by atoms with van der Waals surface area (Å²) in [6.45, 7) is -0.418. The number of benzene rings is 1. The third kappa shape index (κ3) is 2.09. The van der Waals surface area contributed by atoms with Crippen molar-refractivity contribution in [2.24, 2.45) is 0 Å². The fourth-order valence-corrected chi connectivity index (χ4v) is 1.28. The van der Waals surface area contributed by atoms with Crippen LogP contribution in [0.4, 0.5) is 0 Å². The monoisotopic (exact) mass is 182 g/mol. The Hall–Kier alpha value is -0.800. The standard InChI is InChI=1S/C9H10O2S/c1-12-8-4-2-7(3-5-8)9(11)6-10/h2-5,10H,6H2,1H3. The Morgan fingerprint density at radius 3 is 2.42 bits per heavy atom. The SMILES string of the molecule is CSc1ccc(C(=O)CO)cc1. The molecule has 0 saturated heterocycles. The summed E-state index contributed by atoms with van der Waals surface area (Å²) in [5.74, 6) is -0.234. The van der Waals surface area contributed by atoms with Crippen LogP contribution in [0.5, 0.6) is 0 Å². The van der Waals surface area contributed by atoms with Crippen LogP contribution in [-0.4, -0.2) is 23.8 Å². The van der Waals surface area contributed by atoms with Crippen molar-refractivity contribution in [1.82, 2.24) is 0 Å². The predicted octanol–water partition coefficient (Wildman–Crippen LogP) is 1.58. The third-order valence-corrected chi connectivity index (χ3v) is 2.30. The van der Waals surface area contributed by atoms with Crippen molar-refractivity contribution in [2.75, 3.05) is 12.9 Å². The molecule has 1 rings (SSSR count). The van der Waals surface area contributed by atoms with Crippen LogP contribution in [0.3, 0.4) is 0 Å². The van der Waals surface area contributed by atoms with Gasteiger partial charge in [-0.05, 0) is 18.4 Å². The second-order valence-corrected chi connectivity index (χ2v) is 3.19. The van der Waals surface area contributed by atoms with Crippen LogP contribution in [0.25, 0.3) is 0 Å². The van der Waals surface area contributed by atoms with Gasteiger partial charge in [0.1, 0.15) is 6.61 Å². The molecular weight excluding hydrogens is 172 g/mol. The molecule has 1 aromatic rings. The molecule has 0 radical (unpaired) electrons. The van der Waals surface area contributed by atoms with E-state index in [2.05, 4.69) is 0 Å². The number of Topliss-reactive ketones (excluding diaryl/α,β-unsaturated/α-hetero) is 1. The van der Waals surface area contributed by atoms with Gasteiger partial charge in [-0.25, -0.2) is 0 Å². The van der Waals surface area contributed by atoms with Gasteiger partial charge < -0.3 is 5.11 Å². The number of carbonyl (C=O) groups excluding carboxylic acids is 1. The lowest BCUT2D eigenvalue weighted by Crippen LogP contribution is -2.03. The number of carbonyl (C=O) groups is 1. The first-order valence-electron chi connectivity index (χ1n) is 3.56. The summed E-state index contributed by atoms with van der Waals surface area (Å²) < 4.78 is 0. The Kier molecular flexibility index (Phi) is 3.31. The minimum Gasteiger partial charge on any atom is -0.388 e. The van der Waals surface area contributed by atoms with Crippen molar-refractivity contribution < 1.29 is 9.90 Å². The van der Waals surface area contributed by atoms with E-state index in [0.717, 1.165) is 4.90 Å². The summed E-state index contributed by atoms with van der Waals surface area (Å²) in [6.07, 6.45) is 1.98. The fraction of sp³-hybridized carbons (Fsp3) is 0.222. The zero-order valence-corrected chi connectivity index (χ0v) is 7.60. The van der Waals surface area contributed by atoms with E-state index in [-0.39, 0.29) is 5.78 Å². The van der Waals surface area contributed by atoms with Gasteiger partial charge in [0.25, 0.3) is 0 Å². The third-order valence-electron chi connectivity index (χ3n) is 1.56. The highest BCUT2D eigenvalue weighted by molar-refractivity contribution is 7.98. The maximum Gasteiger partial charge on any atom is 0.188 e. The topological polar surface area (TPSA) is 37.3 Å². The minimum absolute atomic E-state index is 0.234. The molecule has 0 aliphatic heterocycles. The van der Waals surface area contributed by atoms with E-state index in [0.29, 0.717) is 5.56 Å². The lowest BCUT2D eigenvalue weighted by atomic mass is 10.1. The highest BCUT2D eigenvalue weighted by atomic mass is 32.2. The van der Waals surface area contributed by atoms with Gasteiger partial charge >= 0.3 is 0 Å². The van der Waals surface area contributed by atoms with E-state index in [1.807, 2.05) is 18.4 Å². The van der Waals surface area contributed by atoms with Crippen molar-refractivity contribution in [2.45, 2.75) is 4.90 Å². The van der Waals surface area contributed by atoms with Crippen molar-refractivity contribution in [1.29, 1.82) is 0 Å². The molecule has 12 heavy (non-hydrogen) atoms. The average Bonchev–Trinajstić information content (AvgIpc) is 2.17. The van der Waals surface area contributed by atoms with Crippen LogP contribution in [0.15, 0.2) is 29.2 Å². The summed E-state index contributed by atoms with van der Waals surface area (Å²) in [7, 11) is 0. The molecule has 0 saturated carbocycles. The Labute approximate surface area is 75.6 Å². The maximum absolute atomic E-state index is 11.0. The fourth-order valence-electron chi connectivity index (χ4n) is 0.868. The first-order chi connectivity index (χ1) is 5.77. The first-order valence-corrected chi connectivity index (χ1v) is 4.78. The number of aliphatic hydroxyl groups excluding tert-OH is 1. The summed E-state index contributed by atoms with van der Waals surface area (Å²) in [5.41, 5.74) is 0.565. The van der Waals surface area contributed by atoms with Gasteiger partial charge in [-0.1, -0.05) is 12.1 Å². The van der Waals surface area contributed by atoms with Gasteiger partial charge in [-0.2, -0.15) is 0 Å². The lowest BCUT2D eigenvalue weighted by Gasteiger charge is -1.98. The zero-order valence-electron chi connectivity index (χ0n) is 6.78. The summed E-state index contributed by atoms with van der Waals surface area (Å²) in [5, 5.41) is 8.56. The Balaban J connectivity index is 2.84. The summed E-state index contributed by atoms with van der Waals surface area (Å²) in [4.78, 5) is 12.1. The zero-order chi connectivity index (χ0) is 8.97. The van der Waals surface area contributed by atoms with E-state index < -0.39 is 6.61 Å². The van der Waals surface area contributed by atoms with Crippen LogP contribution < -0.4 is 0 Å². The molecule has 0 atom stereocenters. The van der Waals surface area contributed by atoms with Crippen molar-refractivity contribution in [3.8, 4) is 0 Å². The number of aliphatic hydroxyl groups is 1. The second kappa shape index (κ2) is 4.28. The Morgan fingerprint density at radius 2 is 2.00 bits per heavy atom. The van der Waals surface area contributed by atoms with E-state index in [4.69, 9.17) is 5.11 Å². The van der Waals surface area contributed by atoms with Crippen LogP contribution in [0, 0.1) is 0 Å². The molecule has 0 aromatic heterocycles. The van der Waals surface area contributed by atoms with E-state index in [1.54, 1.807) is 23.9 Å². The van der Waals surface area contributed by atoms with Crippen LogP contribution in [0.1, 0.15) is 10.4 Å². The van der Waals surface area contributed by atoms with Gasteiger partial charge in [0.15, 0.2) is 5.78 Å². The van der Waals surface area contributed by atoms with Gasteiger partial charge in [0.2, 0.25) is 0 Å². The molecule has 0 unspecified atom stereocenters. The van der Waals surface area contributed by atoms with Crippen molar-refractivity contribution in [3.63, 3.8) is 0 Å². The number of rotatable bonds is 3. The molecule has 0 fully saturated rings. The molecule has 64 valence electrons. The van der Waals surface area contributed by atoms with Crippen LogP contribution in [-0.2, 0) is 0 Å². The van der Waals surface area contributed by atoms with E-state index in [1.165, 1.54) is 0 Å². The molecule has 1 N–H and O–H groups in total. The molecule has 3 heteroatoms. The largest absolute Gasteiger partial charge is 0.388 e. The highest BCUT2D eigenvalue weighted by Gasteiger charge is 2.02. The smallest absolute Gasteiger partial charge is 0.188 e. The van der Waals surface area contributed by atoms with Crippen LogP contribution in [0.2, 0.25) is 0 Å². The molecule has 0 amide bonds. The summed E-state index contributed by atoms with van der Waals surface area (Å²) >= 11 is 1.62. The van der Waals surface area contributed by atoms with Crippen molar-refractivity contribution >= 4 is 17.5 Å². The van der Waals surface area contributed by atoms with E-state index >= 15 is 0 Å². The molecule has 0 aliphatic carbocycles. The van der Waals surface area contributed by atoms with Gasteiger partial charge in [0.05, 0.1) is 0 Å². The van der Waals surface area contributed by atoms with Crippen molar-refractivity contribution in [3.05, 3.63) is 29.8 Å². The molecular formula is C9H10O2S. The average molecular weight is 182 g/mol. The predicted molar refractivity (Wildman–Crippen MR) is 49.6 cm³/mol. The molecule has 2 nitrogen and oxygen atoms in total. The number of thioether (sulfide) groups is 1. The first kappa shape index (κ1) is 9.29. The quantitative estimate of drug-likeness (QED) is 0.569. The second-order valence-electron chi connectivity index (χ2n) is 2.31. The molecule has 0 spiro atoms. The minimum atomic E-state index is -0.418. The number of hydrogen-bond donors (Lipinski definition) is 1. The van der Waals surface area contributed by atoms with Crippen LogP contribution >= 0.6 is 11.8 Å². The molecule has 1 aromatic carbocycles. The van der Waals surface area contributed by atoms with E-state index in [9.17, 15) is 4.79 Å².